The largest absolute Gasteiger partial charge is 0.483 e. The molecule has 1 saturated heterocycles. The molecule has 41 heavy (non-hydrogen) atoms. The van der Waals surface area contributed by atoms with E-state index >= 15 is 0 Å². The van der Waals surface area contributed by atoms with Crippen LogP contribution in [-0.4, -0.2) is 56.3 Å². The number of carbonyl (C=O) groups excluding carboxylic acids is 2. The second-order valence-corrected chi connectivity index (χ2v) is 10.4. The number of nitrogens with one attached hydrogen (secondary N) is 1. The summed E-state index contributed by atoms with van der Waals surface area (Å²) in [5.74, 6) is -5.59. The number of aliphatic hydroxyl groups excluding tert-OH is 1. The van der Waals surface area contributed by atoms with E-state index in [1.165, 1.54) is 9.47 Å². The number of hydrogen-bond donors (Lipinski definition) is 3. The van der Waals surface area contributed by atoms with Gasteiger partial charge in [-0.05, 0) is 25.3 Å². The highest BCUT2D eigenvalue weighted by atomic mass is 19.1. The van der Waals surface area contributed by atoms with Crippen molar-refractivity contribution in [1.29, 1.82) is 0 Å². The highest BCUT2D eigenvalue weighted by Crippen LogP contribution is 2.40. The van der Waals surface area contributed by atoms with Crippen molar-refractivity contribution in [3.63, 3.8) is 0 Å². The van der Waals surface area contributed by atoms with Crippen LogP contribution in [0.2, 0.25) is 0 Å². The maximum absolute atomic E-state index is 14.2. The Morgan fingerprint density at radius 1 is 1.15 bits per heavy atom. The highest BCUT2D eigenvalue weighted by Gasteiger charge is 2.49. The molecule has 2 aromatic carbocycles. The van der Waals surface area contributed by atoms with Crippen LogP contribution in [0.25, 0.3) is 0 Å². The number of amides is 2. The van der Waals surface area contributed by atoms with Crippen LogP contribution in [0.3, 0.4) is 0 Å². The van der Waals surface area contributed by atoms with Crippen LogP contribution in [0.4, 0.5) is 13.2 Å². The number of carbonyl (C=O) groups is 2. The monoisotopic (exact) mass is 571 g/mol. The van der Waals surface area contributed by atoms with Gasteiger partial charge in [0.2, 0.25) is 5.43 Å². The van der Waals surface area contributed by atoms with E-state index < -0.39 is 76.4 Å². The average Bonchev–Trinajstić information content (AvgIpc) is 3.06. The Labute approximate surface area is 232 Å². The Morgan fingerprint density at radius 3 is 2.49 bits per heavy atom. The molecule has 0 saturated carbocycles. The van der Waals surface area contributed by atoms with Crippen molar-refractivity contribution < 1.29 is 37.7 Å². The van der Waals surface area contributed by atoms with Gasteiger partial charge in [-0.25, -0.2) is 13.2 Å². The molecule has 2 aliphatic heterocycles. The second-order valence-electron chi connectivity index (χ2n) is 10.4. The lowest BCUT2D eigenvalue weighted by Crippen LogP contribution is -2.53. The third kappa shape index (κ3) is 5.20. The molecule has 12 heteroatoms. The Morgan fingerprint density at radius 2 is 1.83 bits per heavy atom. The van der Waals surface area contributed by atoms with E-state index in [-0.39, 0.29) is 31.3 Å². The summed E-state index contributed by atoms with van der Waals surface area (Å²) < 4.78 is 48.8. The zero-order chi connectivity index (χ0) is 29.5. The summed E-state index contributed by atoms with van der Waals surface area (Å²) in [5, 5.41) is 23.8. The smallest absolute Gasteiger partial charge is 0.274 e. The van der Waals surface area contributed by atoms with E-state index in [9.17, 15) is 37.8 Å². The summed E-state index contributed by atoms with van der Waals surface area (Å²) in [6, 6.07) is 8.45. The van der Waals surface area contributed by atoms with Gasteiger partial charge in [-0.15, -0.1) is 0 Å². The van der Waals surface area contributed by atoms with Crippen LogP contribution in [-0.2, 0) is 13.2 Å². The zero-order valence-corrected chi connectivity index (χ0v) is 22.1. The van der Waals surface area contributed by atoms with Gasteiger partial charge in [0, 0.05) is 43.0 Å². The van der Waals surface area contributed by atoms with Crippen molar-refractivity contribution in [2.45, 2.75) is 50.6 Å². The van der Waals surface area contributed by atoms with Crippen LogP contribution in [0, 0.1) is 17.5 Å². The standard InChI is InChI=1S/C29H28F3N3O6/c1-16-7-8-29(40,15-36)23-13-34(16)28(39)24-26(41-14-17-5-3-2-4-6-17)25(37)20(12-35(23)24)27(38)33-11-19-21(31)9-18(30)10-22(19)32/h2-6,9-10,12,16,23,36,40H,7-8,11,13-15H2,1H3,(H,33,38)/t16?,23-,29+/m1/s1. The number of aromatic nitrogens is 1. The maximum atomic E-state index is 14.2. The number of hydrogen-bond acceptors (Lipinski definition) is 6. The van der Waals surface area contributed by atoms with E-state index in [1.807, 2.05) is 0 Å². The number of pyridine rings is 1. The van der Waals surface area contributed by atoms with Crippen molar-refractivity contribution in [2.75, 3.05) is 13.2 Å². The Kier molecular flexibility index (Phi) is 7.62. The minimum Gasteiger partial charge on any atom is -0.483 e. The van der Waals surface area contributed by atoms with Gasteiger partial charge >= 0.3 is 0 Å². The maximum Gasteiger partial charge on any atom is 0.274 e. The first-order valence-corrected chi connectivity index (χ1v) is 13.1. The molecule has 9 nitrogen and oxygen atoms in total. The number of rotatable bonds is 7. The van der Waals surface area contributed by atoms with Crippen LogP contribution < -0.4 is 15.5 Å². The Bertz CT molecular complexity index is 1540. The number of benzene rings is 2. The molecular weight excluding hydrogens is 543 g/mol. The molecule has 2 bridgehead atoms. The molecule has 216 valence electrons. The van der Waals surface area contributed by atoms with E-state index in [1.54, 1.807) is 37.3 Å². The van der Waals surface area contributed by atoms with Gasteiger partial charge in [0.15, 0.2) is 11.4 Å². The number of halogens is 3. The first kappa shape index (κ1) is 28.4. The van der Waals surface area contributed by atoms with Crippen molar-refractivity contribution in [3.8, 4) is 5.75 Å². The number of ether oxygens (including phenoxy) is 1. The van der Waals surface area contributed by atoms with Crippen molar-refractivity contribution in [1.82, 2.24) is 14.8 Å². The molecule has 1 fully saturated rings. The van der Waals surface area contributed by atoms with Gasteiger partial charge in [-0.2, -0.15) is 0 Å². The quantitative estimate of drug-likeness (QED) is 0.401. The number of fused-ring (bicyclic) bond motifs is 4. The van der Waals surface area contributed by atoms with Crippen LogP contribution in [0.5, 0.6) is 5.75 Å². The fourth-order valence-corrected chi connectivity index (χ4v) is 5.36. The highest BCUT2D eigenvalue weighted by molar-refractivity contribution is 5.99. The van der Waals surface area contributed by atoms with Crippen LogP contribution in [0.15, 0.2) is 53.5 Å². The number of nitrogens with zero attached hydrogens (tertiary/aromatic N) is 2. The summed E-state index contributed by atoms with van der Waals surface area (Å²) >= 11 is 0. The van der Waals surface area contributed by atoms with Crippen molar-refractivity contribution >= 4 is 11.8 Å². The lowest BCUT2D eigenvalue weighted by Gasteiger charge is -2.42. The molecule has 0 spiro atoms. The van der Waals surface area contributed by atoms with Gasteiger partial charge < -0.3 is 29.7 Å². The molecule has 3 atom stereocenters. The molecule has 2 aliphatic rings. The van der Waals surface area contributed by atoms with E-state index in [2.05, 4.69) is 5.32 Å². The fraction of sp³-hybridized carbons (Fsp3) is 0.345. The SMILES string of the molecule is CC1CC[C@](O)(CO)[C@H]2CN1C(=O)c1c(OCc3ccccc3)c(=O)c(C(=O)NCc3c(F)cc(F)cc3F)cn12. The third-order valence-corrected chi connectivity index (χ3v) is 7.78. The third-order valence-electron chi connectivity index (χ3n) is 7.78. The summed E-state index contributed by atoms with van der Waals surface area (Å²) in [5.41, 5.74) is -3.29. The summed E-state index contributed by atoms with van der Waals surface area (Å²) in [7, 11) is 0. The average molecular weight is 572 g/mol. The molecule has 1 aromatic heterocycles. The molecule has 3 heterocycles. The van der Waals surface area contributed by atoms with Gasteiger partial charge in [0.25, 0.3) is 11.8 Å². The Hall–Kier alpha value is -4.16. The minimum absolute atomic E-state index is 0.00187. The molecule has 1 unspecified atom stereocenters. The summed E-state index contributed by atoms with van der Waals surface area (Å²) in [4.78, 5) is 42.1. The first-order chi connectivity index (χ1) is 19.5. The van der Waals surface area contributed by atoms with Gasteiger partial charge in [0.1, 0.15) is 35.2 Å². The molecule has 2 amide bonds. The fourth-order valence-electron chi connectivity index (χ4n) is 5.36. The molecule has 3 aromatic rings. The van der Waals surface area contributed by atoms with E-state index in [0.29, 0.717) is 24.1 Å². The molecule has 0 radical (unpaired) electrons. The number of aliphatic hydroxyl groups is 2. The normalized spacial score (nSPS) is 21.7. The predicted octanol–water partition coefficient (Wildman–Crippen LogP) is 2.68. The van der Waals surface area contributed by atoms with E-state index in [4.69, 9.17) is 4.74 Å². The van der Waals surface area contributed by atoms with Crippen molar-refractivity contribution in [3.05, 3.63) is 98.7 Å². The van der Waals surface area contributed by atoms with Gasteiger partial charge in [-0.1, -0.05) is 30.3 Å². The Balaban J connectivity index is 1.60. The topological polar surface area (TPSA) is 121 Å². The zero-order valence-electron chi connectivity index (χ0n) is 22.1. The lowest BCUT2D eigenvalue weighted by molar-refractivity contribution is -0.0636. The van der Waals surface area contributed by atoms with E-state index in [0.717, 1.165) is 6.20 Å². The predicted molar refractivity (Wildman–Crippen MR) is 140 cm³/mol. The minimum atomic E-state index is -1.70. The summed E-state index contributed by atoms with van der Waals surface area (Å²) in [6.45, 7) is 0.317. The van der Waals surface area contributed by atoms with Crippen molar-refractivity contribution in [2.24, 2.45) is 0 Å². The van der Waals surface area contributed by atoms with Gasteiger partial charge in [0.05, 0.1) is 12.6 Å². The van der Waals surface area contributed by atoms with Crippen LogP contribution >= 0.6 is 0 Å². The molecule has 0 aliphatic carbocycles. The first-order valence-electron chi connectivity index (χ1n) is 13.1. The van der Waals surface area contributed by atoms with Crippen LogP contribution in [0.1, 0.15) is 57.8 Å². The second kappa shape index (κ2) is 11.0. The molecular formula is C29H28F3N3O6. The lowest BCUT2D eigenvalue weighted by atomic mass is 9.89. The summed E-state index contributed by atoms with van der Waals surface area (Å²) in [6.07, 6.45) is 1.60. The molecule has 3 N–H and O–H groups in total. The molecule has 5 rings (SSSR count). The van der Waals surface area contributed by atoms with Gasteiger partial charge in [-0.3, -0.25) is 14.4 Å².